The summed E-state index contributed by atoms with van der Waals surface area (Å²) < 4.78 is 37.2. The molecule has 0 radical (unpaired) electrons. The van der Waals surface area contributed by atoms with Crippen LogP contribution in [0.1, 0.15) is 41.6 Å². The molecule has 1 aromatic heterocycles. The molecule has 0 atom stereocenters. The largest absolute Gasteiger partial charge is 0.486 e. The normalized spacial score (nSPS) is 15.4. The van der Waals surface area contributed by atoms with E-state index in [2.05, 4.69) is 12.1 Å². The monoisotopic (exact) mass is 350 g/mol. The number of nitrogens with zero attached hydrogens (tertiary/aromatic N) is 2. The smallest absolute Gasteiger partial charge is 0.276 e. The second kappa shape index (κ2) is 7.21. The van der Waals surface area contributed by atoms with E-state index in [1.165, 1.54) is 6.07 Å². The standard InChI is InChI=1S/C18H20F2N2O3/c1-11-5-7-22(8-6-11)18(23)17-14(12(2)25-21-17)10-24-16-4-3-13(19)9-15(16)20/h3-4,9,11H,5-8,10H2,1-2H3. The first-order valence-electron chi connectivity index (χ1n) is 8.28. The van der Waals surface area contributed by atoms with Crippen molar-refractivity contribution in [3.8, 4) is 5.75 Å². The number of ether oxygens (including phenoxy) is 1. The van der Waals surface area contributed by atoms with Crippen LogP contribution in [0.4, 0.5) is 8.78 Å². The van der Waals surface area contributed by atoms with Crippen LogP contribution in [0.15, 0.2) is 22.7 Å². The van der Waals surface area contributed by atoms with E-state index in [1.807, 2.05) is 0 Å². The molecule has 1 aliphatic heterocycles. The fourth-order valence-electron chi connectivity index (χ4n) is 2.83. The Labute approximate surface area is 144 Å². The van der Waals surface area contributed by atoms with E-state index in [0.717, 1.165) is 25.0 Å². The average molecular weight is 350 g/mol. The summed E-state index contributed by atoms with van der Waals surface area (Å²) in [4.78, 5) is 14.4. The first-order chi connectivity index (χ1) is 12.0. The Kier molecular flexibility index (Phi) is 5.01. The van der Waals surface area contributed by atoms with Crippen molar-refractivity contribution in [2.45, 2.75) is 33.3 Å². The van der Waals surface area contributed by atoms with Crippen molar-refractivity contribution >= 4 is 5.91 Å². The lowest BCUT2D eigenvalue weighted by Crippen LogP contribution is -2.38. The van der Waals surface area contributed by atoms with Gasteiger partial charge in [-0.1, -0.05) is 12.1 Å². The van der Waals surface area contributed by atoms with Crippen molar-refractivity contribution in [1.29, 1.82) is 0 Å². The van der Waals surface area contributed by atoms with Crippen molar-refractivity contribution in [2.24, 2.45) is 5.92 Å². The summed E-state index contributed by atoms with van der Waals surface area (Å²) >= 11 is 0. The molecule has 134 valence electrons. The van der Waals surface area contributed by atoms with Crippen LogP contribution >= 0.6 is 0 Å². The lowest BCUT2D eigenvalue weighted by molar-refractivity contribution is 0.0684. The predicted octanol–water partition coefficient (Wildman–Crippen LogP) is 3.71. The topological polar surface area (TPSA) is 55.6 Å². The predicted molar refractivity (Wildman–Crippen MR) is 86.2 cm³/mol. The summed E-state index contributed by atoms with van der Waals surface area (Å²) in [6.45, 7) is 5.11. The summed E-state index contributed by atoms with van der Waals surface area (Å²) in [7, 11) is 0. The van der Waals surface area contributed by atoms with Crippen molar-refractivity contribution in [3.05, 3.63) is 46.9 Å². The fourth-order valence-corrected chi connectivity index (χ4v) is 2.83. The Hall–Kier alpha value is -2.44. The molecule has 7 heteroatoms. The molecule has 2 aromatic rings. The van der Waals surface area contributed by atoms with Gasteiger partial charge in [0.15, 0.2) is 17.3 Å². The molecule has 1 saturated heterocycles. The van der Waals surface area contributed by atoms with E-state index in [4.69, 9.17) is 9.26 Å². The molecule has 1 aliphatic rings. The summed E-state index contributed by atoms with van der Waals surface area (Å²) in [5.41, 5.74) is 0.668. The zero-order chi connectivity index (χ0) is 18.0. The second-order valence-corrected chi connectivity index (χ2v) is 6.40. The summed E-state index contributed by atoms with van der Waals surface area (Å²) in [5.74, 6) is -0.731. The Balaban J connectivity index is 1.74. The number of rotatable bonds is 4. The van der Waals surface area contributed by atoms with E-state index < -0.39 is 11.6 Å². The molecular formula is C18H20F2N2O3. The van der Waals surface area contributed by atoms with Crippen molar-refractivity contribution in [3.63, 3.8) is 0 Å². The van der Waals surface area contributed by atoms with E-state index in [1.54, 1.807) is 11.8 Å². The quantitative estimate of drug-likeness (QED) is 0.843. The fraction of sp³-hybridized carbons (Fsp3) is 0.444. The maximum Gasteiger partial charge on any atom is 0.276 e. The van der Waals surface area contributed by atoms with E-state index in [-0.39, 0.29) is 24.0 Å². The van der Waals surface area contributed by atoms with Crippen LogP contribution in [0.5, 0.6) is 5.75 Å². The van der Waals surface area contributed by atoms with Crippen LogP contribution in [0, 0.1) is 24.5 Å². The molecule has 1 fully saturated rings. The van der Waals surface area contributed by atoms with Crippen LogP contribution < -0.4 is 4.74 Å². The third kappa shape index (κ3) is 3.81. The lowest BCUT2D eigenvalue weighted by atomic mass is 9.99. The number of hydrogen-bond acceptors (Lipinski definition) is 4. The van der Waals surface area contributed by atoms with Gasteiger partial charge < -0.3 is 14.2 Å². The lowest BCUT2D eigenvalue weighted by Gasteiger charge is -2.29. The molecule has 0 saturated carbocycles. The van der Waals surface area contributed by atoms with Gasteiger partial charge in [-0.15, -0.1) is 0 Å². The van der Waals surface area contributed by atoms with Crippen molar-refractivity contribution in [2.75, 3.05) is 13.1 Å². The summed E-state index contributed by atoms with van der Waals surface area (Å²) in [5, 5.41) is 3.86. The molecule has 1 amide bonds. The average Bonchev–Trinajstić information content (AvgIpc) is 2.95. The van der Waals surface area contributed by atoms with Gasteiger partial charge in [0.2, 0.25) is 0 Å². The number of aryl methyl sites for hydroxylation is 1. The van der Waals surface area contributed by atoms with Crippen LogP contribution in [0.3, 0.4) is 0 Å². The third-order valence-corrected chi connectivity index (χ3v) is 4.52. The van der Waals surface area contributed by atoms with Crippen LogP contribution in [-0.2, 0) is 6.61 Å². The van der Waals surface area contributed by atoms with Gasteiger partial charge in [0.1, 0.15) is 18.2 Å². The number of amides is 1. The molecule has 5 nitrogen and oxygen atoms in total. The zero-order valence-corrected chi connectivity index (χ0v) is 14.2. The van der Waals surface area contributed by atoms with Gasteiger partial charge in [-0.3, -0.25) is 4.79 Å². The highest BCUT2D eigenvalue weighted by atomic mass is 19.1. The number of halogens is 2. The Morgan fingerprint density at radius 3 is 2.76 bits per heavy atom. The number of likely N-dealkylation sites (tertiary alicyclic amines) is 1. The Bertz CT molecular complexity index is 768. The SMILES string of the molecule is Cc1onc(C(=O)N2CCC(C)CC2)c1COc1ccc(F)cc1F. The zero-order valence-electron chi connectivity index (χ0n) is 14.2. The van der Waals surface area contributed by atoms with Crippen molar-refractivity contribution < 1.29 is 22.8 Å². The summed E-state index contributed by atoms with van der Waals surface area (Å²) in [6.07, 6.45) is 1.91. The second-order valence-electron chi connectivity index (χ2n) is 6.40. The van der Waals surface area contributed by atoms with Crippen molar-refractivity contribution in [1.82, 2.24) is 10.1 Å². The number of piperidine rings is 1. The highest BCUT2D eigenvalue weighted by Gasteiger charge is 2.27. The van der Waals surface area contributed by atoms with E-state index in [9.17, 15) is 13.6 Å². The number of aromatic nitrogens is 1. The molecule has 1 aromatic carbocycles. The van der Waals surface area contributed by atoms with Gasteiger partial charge in [-0.05, 0) is 37.8 Å². The molecule has 3 rings (SSSR count). The minimum atomic E-state index is -0.799. The third-order valence-electron chi connectivity index (χ3n) is 4.52. The van der Waals surface area contributed by atoms with Crippen LogP contribution in [0.25, 0.3) is 0 Å². The Morgan fingerprint density at radius 1 is 1.36 bits per heavy atom. The first-order valence-corrected chi connectivity index (χ1v) is 8.28. The Morgan fingerprint density at radius 2 is 2.08 bits per heavy atom. The van der Waals surface area contributed by atoms with Crippen LogP contribution in [0.2, 0.25) is 0 Å². The molecule has 0 spiro atoms. The van der Waals surface area contributed by atoms with E-state index >= 15 is 0 Å². The molecule has 0 bridgehead atoms. The van der Waals surface area contributed by atoms with E-state index in [0.29, 0.717) is 30.3 Å². The number of hydrogen-bond donors (Lipinski definition) is 0. The highest BCUT2D eigenvalue weighted by Crippen LogP contribution is 2.24. The van der Waals surface area contributed by atoms with Gasteiger partial charge in [0, 0.05) is 19.2 Å². The highest BCUT2D eigenvalue weighted by molar-refractivity contribution is 5.93. The minimum Gasteiger partial charge on any atom is -0.486 e. The molecular weight excluding hydrogens is 330 g/mol. The molecule has 0 unspecified atom stereocenters. The molecule has 0 N–H and O–H groups in total. The maximum absolute atomic E-state index is 13.7. The van der Waals surface area contributed by atoms with Gasteiger partial charge in [0.05, 0.1) is 5.56 Å². The molecule has 2 heterocycles. The van der Waals surface area contributed by atoms with Gasteiger partial charge >= 0.3 is 0 Å². The van der Waals surface area contributed by atoms with Gasteiger partial charge in [-0.25, -0.2) is 8.78 Å². The summed E-state index contributed by atoms with van der Waals surface area (Å²) in [6, 6.07) is 3.07. The molecule has 0 aliphatic carbocycles. The maximum atomic E-state index is 13.7. The molecule has 25 heavy (non-hydrogen) atoms. The number of carbonyl (C=O) groups is 1. The number of benzene rings is 1. The number of carbonyl (C=O) groups excluding carboxylic acids is 1. The van der Waals surface area contributed by atoms with Gasteiger partial charge in [0.25, 0.3) is 5.91 Å². The minimum absolute atomic E-state index is 0.0802. The van der Waals surface area contributed by atoms with Gasteiger partial charge in [-0.2, -0.15) is 0 Å². The van der Waals surface area contributed by atoms with Crippen LogP contribution in [-0.4, -0.2) is 29.1 Å². The first kappa shape index (κ1) is 17.4.